The fraction of sp³-hybridized carbons (Fsp3) is 0.739. The fourth-order valence-corrected chi connectivity index (χ4v) is 5.75. The van der Waals surface area contributed by atoms with Gasteiger partial charge in [-0.1, -0.05) is 6.07 Å². The number of aliphatic hydroxyl groups excluding tert-OH is 1. The number of likely N-dealkylation sites (tertiary alicyclic amines) is 1. The highest BCUT2D eigenvalue weighted by Gasteiger charge is 2.57. The van der Waals surface area contributed by atoms with Crippen molar-refractivity contribution in [1.82, 2.24) is 15.1 Å². The molecular formula is C23H36N4O4. The molecule has 4 heterocycles. The molecule has 3 saturated heterocycles. The number of nitrogens with one attached hydrogen (secondary N) is 2. The summed E-state index contributed by atoms with van der Waals surface area (Å²) in [5.41, 5.74) is 1.04. The smallest absolute Gasteiger partial charge is 0.141 e. The van der Waals surface area contributed by atoms with Crippen LogP contribution in [0.15, 0.2) is 18.2 Å². The molecule has 7 atom stereocenters. The molecule has 8 nitrogen and oxygen atoms in total. The van der Waals surface area contributed by atoms with Gasteiger partial charge in [0.2, 0.25) is 0 Å². The lowest BCUT2D eigenvalue weighted by atomic mass is 9.93. The number of anilines is 1. The van der Waals surface area contributed by atoms with Gasteiger partial charge in [-0.25, -0.2) is 0 Å². The number of rotatable bonds is 4. The summed E-state index contributed by atoms with van der Waals surface area (Å²) in [5.74, 6) is 1.22. The Labute approximate surface area is 184 Å². The van der Waals surface area contributed by atoms with Crippen LogP contribution < -0.4 is 15.4 Å². The Hall–Kier alpha value is -1.42. The van der Waals surface area contributed by atoms with Crippen LogP contribution in [0.2, 0.25) is 0 Å². The van der Waals surface area contributed by atoms with E-state index in [1.54, 1.807) is 6.92 Å². The van der Waals surface area contributed by atoms with Gasteiger partial charge in [0.1, 0.15) is 36.4 Å². The average molecular weight is 433 g/mol. The molecule has 4 aliphatic rings. The number of benzene rings is 1. The van der Waals surface area contributed by atoms with Crippen molar-refractivity contribution in [1.29, 1.82) is 0 Å². The largest absolute Gasteiger partial charge is 0.491 e. The zero-order valence-corrected chi connectivity index (χ0v) is 18.8. The molecule has 1 aromatic rings. The van der Waals surface area contributed by atoms with Crippen molar-refractivity contribution in [3.63, 3.8) is 0 Å². The first kappa shape index (κ1) is 21.4. The van der Waals surface area contributed by atoms with E-state index in [1.165, 1.54) is 5.56 Å². The van der Waals surface area contributed by atoms with Crippen molar-refractivity contribution in [2.75, 3.05) is 38.7 Å². The minimum Gasteiger partial charge on any atom is -0.491 e. The maximum atomic E-state index is 11.1. The van der Waals surface area contributed by atoms with Crippen LogP contribution in [0.4, 0.5) is 5.69 Å². The van der Waals surface area contributed by atoms with Gasteiger partial charge in [-0.05, 0) is 51.8 Å². The third-order valence-corrected chi connectivity index (χ3v) is 7.77. The van der Waals surface area contributed by atoms with Gasteiger partial charge >= 0.3 is 0 Å². The first-order valence-corrected chi connectivity index (χ1v) is 11.6. The number of aliphatic hydroxyl groups is 2. The molecule has 172 valence electrons. The van der Waals surface area contributed by atoms with E-state index in [1.807, 2.05) is 12.1 Å². The van der Waals surface area contributed by atoms with Crippen LogP contribution in [-0.4, -0.2) is 89.7 Å². The normalized spacial score (nSPS) is 40.9. The Kier molecular flexibility index (Phi) is 5.65. The quantitative estimate of drug-likeness (QED) is 0.555. The summed E-state index contributed by atoms with van der Waals surface area (Å²) in [5, 5.41) is 29.1. The Morgan fingerprint density at radius 2 is 2.19 bits per heavy atom. The minimum absolute atomic E-state index is 0.190. The van der Waals surface area contributed by atoms with Crippen LogP contribution in [0, 0.1) is 5.92 Å². The number of aryl methyl sites for hydroxylation is 1. The van der Waals surface area contributed by atoms with Gasteiger partial charge in [-0.15, -0.1) is 0 Å². The first-order chi connectivity index (χ1) is 14.9. The van der Waals surface area contributed by atoms with E-state index in [9.17, 15) is 10.2 Å². The molecule has 3 unspecified atom stereocenters. The van der Waals surface area contributed by atoms with Crippen molar-refractivity contribution >= 4 is 5.69 Å². The van der Waals surface area contributed by atoms with Gasteiger partial charge in [-0.3, -0.25) is 9.80 Å². The van der Waals surface area contributed by atoms with E-state index in [-0.39, 0.29) is 12.8 Å². The molecule has 4 N–H and O–H groups in total. The second-order valence-corrected chi connectivity index (χ2v) is 9.86. The van der Waals surface area contributed by atoms with Crippen molar-refractivity contribution < 1.29 is 19.7 Å². The fourth-order valence-electron chi connectivity index (χ4n) is 5.75. The average Bonchev–Trinajstić information content (AvgIpc) is 3.30. The van der Waals surface area contributed by atoms with Gasteiger partial charge in [0.15, 0.2) is 0 Å². The first-order valence-electron chi connectivity index (χ1n) is 11.6. The lowest BCUT2D eigenvalue weighted by Crippen LogP contribution is -2.62. The number of nitrogens with zero attached hydrogens (tertiary/aromatic N) is 2. The SMILES string of the molecule is CC1NCN(C)C2C1CCN2[C@@H]1O[C@H](COc2ccc3c(c2)NCCC3)[C@@](C)(O)[C@H]1O. The van der Waals surface area contributed by atoms with E-state index < -0.39 is 24.0 Å². The molecule has 0 aliphatic carbocycles. The Bertz CT molecular complexity index is 806. The third kappa shape index (κ3) is 3.73. The highest BCUT2D eigenvalue weighted by atomic mass is 16.6. The number of hydrogen-bond acceptors (Lipinski definition) is 8. The standard InChI is InChI=1S/C23H36N4O4/c1-14-17-8-10-27(21(17)26(3)13-25-14)22-20(28)23(2,29)19(31-22)12-30-16-7-6-15-5-4-9-24-18(15)11-16/h6-7,11,14,17,19-22,24-25,28-29H,4-5,8-10,12-13H2,1-3H3/t14?,17?,19-,20+,21?,22-,23-/m1/s1. The number of fused-ring (bicyclic) bond motifs is 2. The van der Waals surface area contributed by atoms with Crippen molar-refractivity contribution in [3.05, 3.63) is 23.8 Å². The third-order valence-electron chi connectivity index (χ3n) is 7.77. The predicted molar refractivity (Wildman–Crippen MR) is 118 cm³/mol. The van der Waals surface area contributed by atoms with Crippen LogP contribution in [0.3, 0.4) is 0 Å². The summed E-state index contributed by atoms with van der Waals surface area (Å²) < 4.78 is 12.3. The maximum absolute atomic E-state index is 11.1. The Balaban J connectivity index is 1.28. The number of hydrogen-bond donors (Lipinski definition) is 4. The van der Waals surface area contributed by atoms with Gasteiger partial charge in [0.25, 0.3) is 0 Å². The molecule has 1 aromatic carbocycles. The molecule has 4 aliphatic heterocycles. The second kappa shape index (κ2) is 8.17. The zero-order valence-electron chi connectivity index (χ0n) is 18.8. The molecule has 0 bridgehead atoms. The Morgan fingerprint density at radius 1 is 1.35 bits per heavy atom. The molecule has 31 heavy (non-hydrogen) atoms. The predicted octanol–water partition coefficient (Wildman–Crippen LogP) is 0.789. The summed E-state index contributed by atoms with van der Waals surface area (Å²) in [4.78, 5) is 4.50. The molecule has 5 rings (SSSR count). The molecule has 8 heteroatoms. The second-order valence-electron chi connectivity index (χ2n) is 9.86. The molecule has 0 saturated carbocycles. The monoisotopic (exact) mass is 432 g/mol. The lowest BCUT2D eigenvalue weighted by molar-refractivity contribution is -0.133. The number of ether oxygens (including phenoxy) is 2. The Morgan fingerprint density at radius 3 is 3.03 bits per heavy atom. The summed E-state index contributed by atoms with van der Waals surface area (Å²) in [6.07, 6.45) is 1.31. The van der Waals surface area contributed by atoms with Crippen molar-refractivity contribution in [3.8, 4) is 5.75 Å². The topological polar surface area (TPSA) is 89.5 Å². The summed E-state index contributed by atoms with van der Waals surface area (Å²) in [6.45, 7) is 6.69. The van der Waals surface area contributed by atoms with E-state index in [4.69, 9.17) is 9.47 Å². The van der Waals surface area contributed by atoms with Crippen LogP contribution >= 0.6 is 0 Å². The summed E-state index contributed by atoms with van der Waals surface area (Å²) in [6, 6.07) is 6.50. The molecule has 0 radical (unpaired) electrons. The summed E-state index contributed by atoms with van der Waals surface area (Å²) >= 11 is 0. The van der Waals surface area contributed by atoms with Crippen LogP contribution in [-0.2, 0) is 11.2 Å². The highest BCUT2D eigenvalue weighted by Crippen LogP contribution is 2.40. The minimum atomic E-state index is -1.38. The van der Waals surface area contributed by atoms with E-state index >= 15 is 0 Å². The van der Waals surface area contributed by atoms with Crippen LogP contribution in [0.1, 0.15) is 32.3 Å². The lowest BCUT2D eigenvalue weighted by Gasteiger charge is -2.45. The van der Waals surface area contributed by atoms with Crippen LogP contribution in [0.5, 0.6) is 5.75 Å². The van der Waals surface area contributed by atoms with Gasteiger partial charge in [0, 0.05) is 43.5 Å². The summed E-state index contributed by atoms with van der Waals surface area (Å²) in [7, 11) is 2.10. The molecule has 0 spiro atoms. The van der Waals surface area contributed by atoms with E-state index in [0.717, 1.165) is 50.5 Å². The molecular weight excluding hydrogens is 396 g/mol. The zero-order chi connectivity index (χ0) is 21.8. The van der Waals surface area contributed by atoms with Gasteiger partial charge < -0.3 is 30.3 Å². The van der Waals surface area contributed by atoms with E-state index in [2.05, 4.69) is 40.5 Å². The van der Waals surface area contributed by atoms with Gasteiger partial charge in [0.05, 0.1) is 6.17 Å². The van der Waals surface area contributed by atoms with Crippen LogP contribution in [0.25, 0.3) is 0 Å². The van der Waals surface area contributed by atoms with Crippen molar-refractivity contribution in [2.24, 2.45) is 5.92 Å². The molecule has 3 fully saturated rings. The maximum Gasteiger partial charge on any atom is 0.141 e. The molecule has 0 amide bonds. The highest BCUT2D eigenvalue weighted by molar-refractivity contribution is 5.56. The van der Waals surface area contributed by atoms with Crippen molar-refractivity contribution in [2.45, 2.75) is 69.4 Å². The van der Waals surface area contributed by atoms with E-state index in [0.29, 0.717) is 12.0 Å². The molecule has 0 aromatic heterocycles. The van der Waals surface area contributed by atoms with Gasteiger partial charge in [-0.2, -0.15) is 0 Å².